The zero-order valence-corrected chi connectivity index (χ0v) is 9.27. The molecule has 0 spiro atoms. The molecule has 0 fully saturated rings. The largest absolute Gasteiger partial charge is 0.455 e. The van der Waals surface area contributed by atoms with E-state index in [0.717, 1.165) is 0 Å². The highest BCUT2D eigenvalue weighted by Gasteiger charge is 2.20. The SMILES string of the molecule is Cn1nc(C(=O)OC(C)(C)C)cc1C=O. The molecule has 1 heterocycles. The third-order valence-electron chi connectivity index (χ3n) is 1.64. The first-order chi connectivity index (χ1) is 6.83. The quantitative estimate of drug-likeness (QED) is 0.543. The van der Waals surface area contributed by atoms with Crippen LogP contribution < -0.4 is 0 Å². The van der Waals surface area contributed by atoms with Crippen LogP contribution in [0.15, 0.2) is 6.07 Å². The molecule has 0 atom stereocenters. The fourth-order valence-electron chi connectivity index (χ4n) is 1.02. The van der Waals surface area contributed by atoms with E-state index in [4.69, 9.17) is 4.74 Å². The molecule has 1 rings (SSSR count). The highest BCUT2D eigenvalue weighted by molar-refractivity contribution is 5.89. The Morgan fingerprint density at radius 3 is 2.53 bits per heavy atom. The Hall–Kier alpha value is -1.65. The fraction of sp³-hybridized carbons (Fsp3) is 0.500. The Kier molecular flexibility index (Phi) is 2.93. The summed E-state index contributed by atoms with van der Waals surface area (Å²) in [7, 11) is 1.59. The van der Waals surface area contributed by atoms with Crippen LogP contribution in [0.5, 0.6) is 0 Å². The van der Waals surface area contributed by atoms with Gasteiger partial charge in [-0.3, -0.25) is 9.48 Å². The number of aldehydes is 1. The Morgan fingerprint density at radius 1 is 1.53 bits per heavy atom. The van der Waals surface area contributed by atoms with Crippen molar-refractivity contribution in [2.24, 2.45) is 7.05 Å². The molecule has 0 amide bonds. The molecular weight excluding hydrogens is 196 g/mol. The van der Waals surface area contributed by atoms with Crippen molar-refractivity contribution >= 4 is 12.3 Å². The molecule has 0 unspecified atom stereocenters. The van der Waals surface area contributed by atoms with Gasteiger partial charge in [0.15, 0.2) is 12.0 Å². The Balaban J connectivity index is 2.88. The third-order valence-corrected chi connectivity index (χ3v) is 1.64. The topological polar surface area (TPSA) is 61.2 Å². The maximum atomic E-state index is 11.5. The average molecular weight is 210 g/mol. The summed E-state index contributed by atoms with van der Waals surface area (Å²) in [5.41, 5.74) is -0.0685. The molecule has 5 heteroatoms. The molecule has 0 bridgehead atoms. The van der Waals surface area contributed by atoms with Crippen molar-refractivity contribution < 1.29 is 14.3 Å². The molecule has 0 saturated heterocycles. The second-order valence-corrected chi connectivity index (χ2v) is 4.20. The van der Waals surface area contributed by atoms with Gasteiger partial charge in [-0.2, -0.15) is 5.10 Å². The number of hydrogen-bond donors (Lipinski definition) is 0. The molecule has 0 aliphatic carbocycles. The Bertz CT molecular complexity index is 388. The number of rotatable bonds is 2. The highest BCUT2D eigenvalue weighted by Crippen LogP contribution is 2.11. The molecule has 0 radical (unpaired) electrons. The van der Waals surface area contributed by atoms with E-state index >= 15 is 0 Å². The average Bonchev–Trinajstić information content (AvgIpc) is 2.43. The predicted octanol–water partition coefficient (Wildman–Crippen LogP) is 1.19. The Morgan fingerprint density at radius 2 is 2.13 bits per heavy atom. The van der Waals surface area contributed by atoms with Crippen molar-refractivity contribution in [2.75, 3.05) is 0 Å². The summed E-state index contributed by atoms with van der Waals surface area (Å²) in [6.45, 7) is 5.32. The summed E-state index contributed by atoms with van der Waals surface area (Å²) in [6.07, 6.45) is 0.640. The number of aromatic nitrogens is 2. The van der Waals surface area contributed by atoms with Crippen LogP contribution >= 0.6 is 0 Å². The molecule has 0 aliphatic heterocycles. The lowest BCUT2D eigenvalue weighted by atomic mass is 10.2. The molecule has 82 valence electrons. The van der Waals surface area contributed by atoms with Crippen molar-refractivity contribution in [3.8, 4) is 0 Å². The van der Waals surface area contributed by atoms with E-state index in [9.17, 15) is 9.59 Å². The molecule has 5 nitrogen and oxygen atoms in total. The number of nitrogens with zero attached hydrogens (tertiary/aromatic N) is 2. The predicted molar refractivity (Wildman–Crippen MR) is 53.8 cm³/mol. The lowest BCUT2D eigenvalue weighted by Crippen LogP contribution is -2.24. The lowest BCUT2D eigenvalue weighted by molar-refractivity contribution is 0.00620. The minimum Gasteiger partial charge on any atom is -0.455 e. The van der Waals surface area contributed by atoms with Gasteiger partial charge in [0.05, 0.1) is 0 Å². The molecule has 0 saturated carbocycles. The lowest BCUT2D eigenvalue weighted by Gasteiger charge is -2.18. The summed E-state index contributed by atoms with van der Waals surface area (Å²) < 4.78 is 6.45. The maximum absolute atomic E-state index is 11.5. The second kappa shape index (κ2) is 3.84. The van der Waals surface area contributed by atoms with E-state index in [1.54, 1.807) is 27.8 Å². The number of carbonyl (C=O) groups excluding carboxylic acids is 2. The molecule has 1 aromatic heterocycles. The van der Waals surface area contributed by atoms with Gasteiger partial charge < -0.3 is 4.74 Å². The standard InChI is InChI=1S/C10H14N2O3/c1-10(2,3)15-9(14)8-5-7(6-13)12(4)11-8/h5-6H,1-4H3. The second-order valence-electron chi connectivity index (χ2n) is 4.20. The van der Waals surface area contributed by atoms with Gasteiger partial charge in [0.25, 0.3) is 0 Å². The van der Waals surface area contributed by atoms with Gasteiger partial charge in [0, 0.05) is 13.1 Å². The monoisotopic (exact) mass is 210 g/mol. The van der Waals surface area contributed by atoms with E-state index in [1.165, 1.54) is 10.7 Å². The minimum atomic E-state index is -0.560. The summed E-state index contributed by atoms with van der Waals surface area (Å²) in [5, 5.41) is 3.88. The normalized spacial score (nSPS) is 11.2. The number of ether oxygens (including phenoxy) is 1. The van der Waals surface area contributed by atoms with Gasteiger partial charge in [-0.15, -0.1) is 0 Å². The molecule has 0 N–H and O–H groups in total. The van der Waals surface area contributed by atoms with Crippen molar-refractivity contribution in [3.05, 3.63) is 17.5 Å². The first-order valence-electron chi connectivity index (χ1n) is 4.56. The molecule has 0 aromatic carbocycles. The van der Waals surface area contributed by atoms with Crippen LogP contribution in [0.2, 0.25) is 0 Å². The van der Waals surface area contributed by atoms with E-state index < -0.39 is 11.6 Å². The summed E-state index contributed by atoms with van der Waals surface area (Å²) in [5.74, 6) is -0.522. The van der Waals surface area contributed by atoms with Crippen LogP contribution in [0.3, 0.4) is 0 Å². The van der Waals surface area contributed by atoms with Crippen LogP contribution in [0, 0.1) is 0 Å². The number of aryl methyl sites for hydroxylation is 1. The van der Waals surface area contributed by atoms with Crippen LogP contribution in [0.4, 0.5) is 0 Å². The van der Waals surface area contributed by atoms with E-state index in [1.807, 2.05) is 0 Å². The third kappa shape index (κ3) is 2.90. The first kappa shape index (κ1) is 11.4. The molecule has 1 aromatic rings. The number of carbonyl (C=O) groups is 2. The van der Waals surface area contributed by atoms with Crippen LogP contribution in [-0.2, 0) is 11.8 Å². The Labute approximate surface area is 88.0 Å². The van der Waals surface area contributed by atoms with Crippen molar-refractivity contribution in [3.63, 3.8) is 0 Å². The number of esters is 1. The van der Waals surface area contributed by atoms with Gasteiger partial charge in [0.2, 0.25) is 0 Å². The van der Waals surface area contributed by atoms with Gasteiger partial charge in [0.1, 0.15) is 11.3 Å². The summed E-state index contributed by atoms with van der Waals surface area (Å²) >= 11 is 0. The zero-order valence-electron chi connectivity index (χ0n) is 9.27. The zero-order chi connectivity index (χ0) is 11.6. The van der Waals surface area contributed by atoms with Crippen molar-refractivity contribution in [1.29, 1.82) is 0 Å². The van der Waals surface area contributed by atoms with Crippen LogP contribution in [0.1, 0.15) is 41.7 Å². The molecular formula is C10H14N2O3. The van der Waals surface area contributed by atoms with Crippen LogP contribution in [-0.4, -0.2) is 27.6 Å². The van der Waals surface area contributed by atoms with E-state index in [-0.39, 0.29) is 5.69 Å². The van der Waals surface area contributed by atoms with Gasteiger partial charge >= 0.3 is 5.97 Å². The van der Waals surface area contributed by atoms with Crippen molar-refractivity contribution in [2.45, 2.75) is 26.4 Å². The summed E-state index contributed by atoms with van der Waals surface area (Å²) in [6, 6.07) is 1.40. The first-order valence-corrected chi connectivity index (χ1v) is 4.56. The molecule has 15 heavy (non-hydrogen) atoms. The van der Waals surface area contributed by atoms with Crippen LogP contribution in [0.25, 0.3) is 0 Å². The van der Waals surface area contributed by atoms with E-state index in [0.29, 0.717) is 12.0 Å². The van der Waals surface area contributed by atoms with Gasteiger partial charge in [-0.1, -0.05) is 0 Å². The summed E-state index contributed by atoms with van der Waals surface area (Å²) in [4.78, 5) is 22.1. The van der Waals surface area contributed by atoms with Gasteiger partial charge in [-0.05, 0) is 20.8 Å². The maximum Gasteiger partial charge on any atom is 0.359 e. The van der Waals surface area contributed by atoms with Gasteiger partial charge in [-0.25, -0.2) is 4.79 Å². The fourth-order valence-corrected chi connectivity index (χ4v) is 1.02. The smallest absolute Gasteiger partial charge is 0.359 e. The molecule has 0 aliphatic rings. The van der Waals surface area contributed by atoms with Crippen molar-refractivity contribution in [1.82, 2.24) is 9.78 Å². The van der Waals surface area contributed by atoms with E-state index in [2.05, 4.69) is 5.10 Å². The number of hydrogen-bond acceptors (Lipinski definition) is 4. The minimum absolute atomic E-state index is 0.148. The highest BCUT2D eigenvalue weighted by atomic mass is 16.6.